The molecule has 2 aromatic carbocycles. The van der Waals surface area contributed by atoms with E-state index >= 15 is 0 Å². The number of benzene rings is 2. The minimum Gasteiger partial charge on any atom is -0.476 e. The molecule has 0 aliphatic carbocycles. The second kappa shape index (κ2) is 9.66. The lowest BCUT2D eigenvalue weighted by Gasteiger charge is -2.13. The van der Waals surface area contributed by atoms with Crippen LogP contribution in [-0.4, -0.2) is 26.4 Å². The molecule has 3 aromatic rings. The molecule has 10 heteroatoms. The standard InChI is InChI=1S/C18H13ClFN3O3.2ClH/c19-10-5-6-14(23-9-22-16(18(25)26)15(23)8-21)12(7-10)17(24)11-3-1-2-4-13(11)20;;/h1-7,9H,8,21H2,(H,25,26);2*1H. The highest BCUT2D eigenvalue weighted by molar-refractivity contribution is 6.31. The van der Waals surface area contributed by atoms with Gasteiger partial charge in [0, 0.05) is 17.1 Å². The van der Waals surface area contributed by atoms with Crippen molar-refractivity contribution in [1.82, 2.24) is 9.55 Å². The summed E-state index contributed by atoms with van der Waals surface area (Å²) in [5.74, 6) is -2.49. The van der Waals surface area contributed by atoms with Crippen molar-refractivity contribution in [2.45, 2.75) is 6.54 Å². The maximum Gasteiger partial charge on any atom is 0.356 e. The van der Waals surface area contributed by atoms with Crippen LogP contribution in [0.2, 0.25) is 5.02 Å². The van der Waals surface area contributed by atoms with E-state index in [2.05, 4.69) is 4.98 Å². The fourth-order valence-corrected chi connectivity index (χ4v) is 2.82. The van der Waals surface area contributed by atoms with Crippen LogP contribution in [0.15, 0.2) is 48.8 Å². The Bertz CT molecular complexity index is 1020. The maximum absolute atomic E-state index is 14.0. The molecule has 0 saturated heterocycles. The van der Waals surface area contributed by atoms with Crippen molar-refractivity contribution >= 4 is 48.2 Å². The van der Waals surface area contributed by atoms with Gasteiger partial charge in [0.1, 0.15) is 12.1 Å². The molecule has 148 valence electrons. The molecule has 0 atom stereocenters. The van der Waals surface area contributed by atoms with Crippen molar-refractivity contribution in [3.05, 3.63) is 82.1 Å². The Kier molecular flexibility index (Phi) is 8.14. The maximum atomic E-state index is 14.0. The van der Waals surface area contributed by atoms with Crippen molar-refractivity contribution in [3.8, 4) is 5.69 Å². The van der Waals surface area contributed by atoms with Crippen LogP contribution in [0.4, 0.5) is 4.39 Å². The third-order valence-corrected chi connectivity index (χ3v) is 4.08. The Labute approximate surface area is 177 Å². The molecule has 28 heavy (non-hydrogen) atoms. The summed E-state index contributed by atoms with van der Waals surface area (Å²) in [7, 11) is 0. The van der Waals surface area contributed by atoms with Gasteiger partial charge in [-0.15, -0.1) is 24.8 Å². The molecule has 0 spiro atoms. The smallest absolute Gasteiger partial charge is 0.356 e. The number of hydrogen-bond acceptors (Lipinski definition) is 4. The Morgan fingerprint density at radius 3 is 2.43 bits per heavy atom. The van der Waals surface area contributed by atoms with Gasteiger partial charge < -0.3 is 15.4 Å². The topological polar surface area (TPSA) is 98.2 Å². The van der Waals surface area contributed by atoms with Crippen LogP contribution in [0.1, 0.15) is 32.1 Å². The van der Waals surface area contributed by atoms with Gasteiger partial charge in [-0.3, -0.25) is 4.79 Å². The van der Waals surface area contributed by atoms with Crippen LogP contribution in [0.3, 0.4) is 0 Å². The quantitative estimate of drug-likeness (QED) is 0.579. The molecule has 3 N–H and O–H groups in total. The third-order valence-electron chi connectivity index (χ3n) is 3.84. The van der Waals surface area contributed by atoms with Crippen molar-refractivity contribution in [3.63, 3.8) is 0 Å². The Morgan fingerprint density at radius 1 is 1.14 bits per heavy atom. The van der Waals surface area contributed by atoms with Crippen LogP contribution in [0.25, 0.3) is 5.69 Å². The van der Waals surface area contributed by atoms with E-state index in [1.807, 2.05) is 0 Å². The summed E-state index contributed by atoms with van der Waals surface area (Å²) in [6.45, 7) is -0.114. The van der Waals surface area contributed by atoms with Crippen LogP contribution in [-0.2, 0) is 6.54 Å². The highest BCUT2D eigenvalue weighted by Crippen LogP contribution is 2.25. The van der Waals surface area contributed by atoms with Crippen LogP contribution in [0.5, 0.6) is 0 Å². The van der Waals surface area contributed by atoms with E-state index in [1.54, 1.807) is 6.07 Å². The summed E-state index contributed by atoms with van der Waals surface area (Å²) in [5.41, 5.74) is 5.95. The highest BCUT2D eigenvalue weighted by Gasteiger charge is 2.22. The Hall–Kier alpha value is -2.45. The first kappa shape index (κ1) is 23.6. The molecule has 0 radical (unpaired) electrons. The van der Waals surface area contributed by atoms with Crippen LogP contribution < -0.4 is 5.73 Å². The number of rotatable bonds is 5. The van der Waals surface area contributed by atoms with E-state index < -0.39 is 17.6 Å². The predicted octanol–water partition coefficient (Wildman–Crippen LogP) is 3.90. The number of nitrogens with zero attached hydrogens (tertiary/aromatic N) is 2. The lowest BCUT2D eigenvalue weighted by molar-refractivity contribution is 0.0689. The van der Waals surface area contributed by atoms with E-state index in [0.717, 1.165) is 0 Å². The molecule has 1 aromatic heterocycles. The molecule has 3 rings (SSSR count). The molecule has 0 aliphatic rings. The molecule has 0 fully saturated rings. The molecule has 0 aliphatic heterocycles. The second-order valence-electron chi connectivity index (χ2n) is 5.39. The minimum absolute atomic E-state index is 0. The average Bonchev–Trinajstić information content (AvgIpc) is 3.05. The van der Waals surface area contributed by atoms with E-state index in [1.165, 1.54) is 47.3 Å². The molecule has 6 nitrogen and oxygen atoms in total. The predicted molar refractivity (Wildman–Crippen MR) is 108 cm³/mol. The SMILES string of the molecule is Cl.Cl.NCc1c(C(=O)O)ncn1-c1ccc(Cl)cc1C(=O)c1ccccc1F. The largest absolute Gasteiger partial charge is 0.476 e. The van der Waals surface area contributed by atoms with Crippen molar-refractivity contribution in [2.75, 3.05) is 0 Å². The fraction of sp³-hybridized carbons (Fsp3) is 0.0556. The molecule has 0 saturated carbocycles. The average molecular weight is 447 g/mol. The summed E-state index contributed by atoms with van der Waals surface area (Å²) >= 11 is 6.02. The minimum atomic E-state index is -1.24. The van der Waals surface area contributed by atoms with Gasteiger partial charge in [0.15, 0.2) is 11.5 Å². The van der Waals surface area contributed by atoms with Crippen molar-refractivity contribution < 1.29 is 19.1 Å². The lowest BCUT2D eigenvalue weighted by Crippen LogP contribution is -2.14. The zero-order valence-electron chi connectivity index (χ0n) is 14.1. The monoisotopic (exact) mass is 445 g/mol. The zero-order valence-corrected chi connectivity index (χ0v) is 16.5. The molecule has 0 bridgehead atoms. The number of carbonyl (C=O) groups is 2. The number of carboxylic acid groups (broad SMARTS) is 1. The molecule has 0 amide bonds. The summed E-state index contributed by atoms with van der Waals surface area (Å²) in [4.78, 5) is 28.0. The summed E-state index contributed by atoms with van der Waals surface area (Å²) in [5, 5.41) is 9.50. The van der Waals surface area contributed by atoms with Crippen molar-refractivity contribution in [2.24, 2.45) is 5.73 Å². The van der Waals surface area contributed by atoms with Gasteiger partial charge in [0.05, 0.1) is 16.9 Å². The third kappa shape index (κ3) is 4.34. The van der Waals surface area contributed by atoms with Crippen LogP contribution >= 0.6 is 36.4 Å². The summed E-state index contributed by atoms with van der Waals surface area (Å²) in [6, 6.07) is 10.0. The number of carbonyl (C=O) groups excluding carboxylic acids is 1. The number of carboxylic acids is 1. The van der Waals surface area contributed by atoms with Gasteiger partial charge in [0.2, 0.25) is 0 Å². The lowest BCUT2D eigenvalue weighted by atomic mass is 10.0. The number of hydrogen-bond donors (Lipinski definition) is 2. The first-order valence-corrected chi connectivity index (χ1v) is 7.90. The second-order valence-corrected chi connectivity index (χ2v) is 5.83. The van der Waals surface area contributed by atoms with Gasteiger partial charge in [-0.05, 0) is 30.3 Å². The normalized spacial score (nSPS) is 9.96. The number of aromatic carboxylic acids is 1. The van der Waals surface area contributed by atoms with Gasteiger partial charge in [-0.25, -0.2) is 14.2 Å². The Balaban J connectivity index is 0.00000196. The van der Waals surface area contributed by atoms with Gasteiger partial charge in [-0.1, -0.05) is 23.7 Å². The van der Waals surface area contributed by atoms with E-state index in [-0.39, 0.29) is 58.9 Å². The fourth-order valence-electron chi connectivity index (χ4n) is 2.65. The van der Waals surface area contributed by atoms with Crippen molar-refractivity contribution in [1.29, 1.82) is 0 Å². The number of nitrogens with two attached hydrogens (primary N) is 1. The Morgan fingerprint density at radius 2 is 1.82 bits per heavy atom. The number of ketones is 1. The number of halogens is 4. The van der Waals surface area contributed by atoms with Gasteiger partial charge >= 0.3 is 5.97 Å². The van der Waals surface area contributed by atoms with E-state index in [4.69, 9.17) is 17.3 Å². The van der Waals surface area contributed by atoms with Crippen LogP contribution in [0, 0.1) is 5.82 Å². The zero-order chi connectivity index (χ0) is 18.8. The van der Waals surface area contributed by atoms with E-state index in [9.17, 15) is 19.1 Å². The molecular formula is C18H15Cl3FN3O3. The first-order chi connectivity index (χ1) is 12.4. The highest BCUT2D eigenvalue weighted by atomic mass is 35.5. The molecule has 1 heterocycles. The van der Waals surface area contributed by atoms with Gasteiger partial charge in [-0.2, -0.15) is 0 Å². The molecular weight excluding hydrogens is 432 g/mol. The summed E-state index contributed by atoms with van der Waals surface area (Å²) in [6.07, 6.45) is 1.26. The van der Waals surface area contributed by atoms with Gasteiger partial charge in [0.25, 0.3) is 0 Å². The number of imidazole rings is 1. The first-order valence-electron chi connectivity index (χ1n) is 7.52. The number of aromatic nitrogens is 2. The molecule has 0 unspecified atom stereocenters. The summed E-state index contributed by atoms with van der Waals surface area (Å²) < 4.78 is 15.4. The van der Waals surface area contributed by atoms with E-state index in [0.29, 0.717) is 5.69 Å².